The number of benzene rings is 1. The number of halogens is 1. The highest BCUT2D eigenvalue weighted by molar-refractivity contribution is 5.46. The van der Waals surface area contributed by atoms with Gasteiger partial charge in [0.15, 0.2) is 5.82 Å². The van der Waals surface area contributed by atoms with Gasteiger partial charge in [0.25, 0.3) is 0 Å². The summed E-state index contributed by atoms with van der Waals surface area (Å²) < 4.78 is 23.8. The molecule has 0 bridgehead atoms. The standard InChI is InChI=1S/C14H15FN2O2/c1-18-11-4-3-10(14(7-11)19-2)8-17-13-5-6-16-9-12(13)15/h3-7,9H,8H2,1-2H3,(H,16,17). The lowest BCUT2D eigenvalue weighted by molar-refractivity contribution is 0.391. The molecule has 19 heavy (non-hydrogen) atoms. The fourth-order valence-corrected chi connectivity index (χ4v) is 1.71. The van der Waals surface area contributed by atoms with Gasteiger partial charge in [-0.25, -0.2) is 4.39 Å². The summed E-state index contributed by atoms with van der Waals surface area (Å²) >= 11 is 0. The number of hydrogen-bond acceptors (Lipinski definition) is 4. The van der Waals surface area contributed by atoms with E-state index in [0.717, 1.165) is 11.3 Å². The smallest absolute Gasteiger partial charge is 0.164 e. The third-order valence-electron chi connectivity index (χ3n) is 2.74. The molecule has 0 spiro atoms. The first kappa shape index (κ1) is 13.1. The van der Waals surface area contributed by atoms with Crippen molar-refractivity contribution in [1.82, 2.24) is 4.98 Å². The molecule has 0 aliphatic carbocycles. The minimum Gasteiger partial charge on any atom is -0.497 e. The van der Waals surface area contributed by atoms with Crippen molar-refractivity contribution in [3.63, 3.8) is 0 Å². The Bertz CT molecular complexity index is 561. The van der Waals surface area contributed by atoms with Crippen LogP contribution in [0.5, 0.6) is 11.5 Å². The summed E-state index contributed by atoms with van der Waals surface area (Å²) in [6.07, 6.45) is 2.71. The zero-order valence-electron chi connectivity index (χ0n) is 10.8. The Morgan fingerprint density at radius 3 is 2.74 bits per heavy atom. The summed E-state index contributed by atoms with van der Waals surface area (Å²) in [4.78, 5) is 3.70. The van der Waals surface area contributed by atoms with Crippen molar-refractivity contribution in [3.8, 4) is 11.5 Å². The Morgan fingerprint density at radius 2 is 2.05 bits per heavy atom. The van der Waals surface area contributed by atoms with Crippen molar-refractivity contribution in [3.05, 3.63) is 48.0 Å². The first-order valence-corrected chi connectivity index (χ1v) is 5.79. The molecule has 0 radical (unpaired) electrons. The summed E-state index contributed by atoms with van der Waals surface area (Å²) in [6.45, 7) is 0.452. The average Bonchev–Trinajstić information content (AvgIpc) is 2.46. The Morgan fingerprint density at radius 1 is 1.21 bits per heavy atom. The van der Waals surface area contributed by atoms with E-state index < -0.39 is 0 Å². The van der Waals surface area contributed by atoms with Gasteiger partial charge >= 0.3 is 0 Å². The van der Waals surface area contributed by atoms with E-state index in [-0.39, 0.29) is 5.82 Å². The number of nitrogens with one attached hydrogen (secondary N) is 1. The van der Waals surface area contributed by atoms with Gasteiger partial charge in [0.05, 0.1) is 26.1 Å². The molecule has 1 aromatic carbocycles. The molecule has 0 aliphatic heterocycles. The van der Waals surface area contributed by atoms with Crippen molar-refractivity contribution in [2.24, 2.45) is 0 Å². The molecule has 1 aromatic heterocycles. The molecule has 5 heteroatoms. The molecule has 0 fully saturated rings. The lowest BCUT2D eigenvalue weighted by Crippen LogP contribution is -2.03. The first-order valence-electron chi connectivity index (χ1n) is 5.79. The van der Waals surface area contributed by atoms with Crippen LogP contribution in [0.4, 0.5) is 10.1 Å². The predicted octanol–water partition coefficient (Wildman–Crippen LogP) is 2.85. The second-order valence-corrected chi connectivity index (χ2v) is 3.89. The van der Waals surface area contributed by atoms with E-state index in [1.807, 2.05) is 12.1 Å². The molecule has 0 unspecified atom stereocenters. The Hall–Kier alpha value is -2.30. The fourth-order valence-electron chi connectivity index (χ4n) is 1.71. The largest absolute Gasteiger partial charge is 0.497 e. The van der Waals surface area contributed by atoms with Gasteiger partial charge in [-0.05, 0) is 18.2 Å². The molecule has 4 nitrogen and oxygen atoms in total. The first-order chi connectivity index (χ1) is 9.24. The summed E-state index contributed by atoms with van der Waals surface area (Å²) in [5, 5.41) is 3.01. The van der Waals surface area contributed by atoms with Crippen molar-refractivity contribution < 1.29 is 13.9 Å². The van der Waals surface area contributed by atoms with Crippen LogP contribution in [0.1, 0.15) is 5.56 Å². The van der Waals surface area contributed by atoms with Gasteiger partial charge in [-0.1, -0.05) is 0 Å². The van der Waals surface area contributed by atoms with Gasteiger partial charge in [-0.2, -0.15) is 0 Å². The molecule has 2 rings (SSSR count). The summed E-state index contributed by atoms with van der Waals surface area (Å²) in [5.74, 6) is 1.03. The van der Waals surface area contributed by atoms with E-state index in [9.17, 15) is 4.39 Å². The Labute approximate surface area is 111 Å². The van der Waals surface area contributed by atoms with Gasteiger partial charge < -0.3 is 14.8 Å². The maximum atomic E-state index is 13.4. The quantitative estimate of drug-likeness (QED) is 0.899. The lowest BCUT2D eigenvalue weighted by atomic mass is 10.2. The molecule has 0 saturated heterocycles. The summed E-state index contributed by atoms with van der Waals surface area (Å²) in [7, 11) is 3.18. The molecular weight excluding hydrogens is 247 g/mol. The molecule has 100 valence electrons. The van der Waals surface area contributed by atoms with Crippen LogP contribution < -0.4 is 14.8 Å². The second kappa shape index (κ2) is 6.04. The number of hydrogen-bond donors (Lipinski definition) is 1. The Balaban J connectivity index is 2.13. The van der Waals surface area contributed by atoms with Gasteiger partial charge in [0.2, 0.25) is 0 Å². The fraction of sp³-hybridized carbons (Fsp3) is 0.214. The number of pyridine rings is 1. The number of ether oxygens (including phenoxy) is 2. The molecule has 1 N–H and O–H groups in total. The molecule has 0 saturated carbocycles. The number of anilines is 1. The van der Waals surface area contributed by atoms with Crippen molar-refractivity contribution in [1.29, 1.82) is 0 Å². The van der Waals surface area contributed by atoms with Crippen LogP contribution >= 0.6 is 0 Å². The highest BCUT2D eigenvalue weighted by atomic mass is 19.1. The van der Waals surface area contributed by atoms with Crippen molar-refractivity contribution >= 4 is 5.69 Å². The Kier molecular flexibility index (Phi) is 4.18. The van der Waals surface area contributed by atoms with Crippen molar-refractivity contribution in [2.75, 3.05) is 19.5 Å². The van der Waals surface area contributed by atoms with Crippen LogP contribution in [0.25, 0.3) is 0 Å². The molecule has 0 aliphatic rings. The van der Waals surface area contributed by atoms with E-state index in [1.54, 1.807) is 26.4 Å². The topological polar surface area (TPSA) is 43.4 Å². The van der Waals surface area contributed by atoms with Crippen LogP contribution in [-0.4, -0.2) is 19.2 Å². The highest BCUT2D eigenvalue weighted by Crippen LogP contribution is 2.25. The van der Waals surface area contributed by atoms with E-state index in [1.165, 1.54) is 12.4 Å². The van der Waals surface area contributed by atoms with E-state index in [2.05, 4.69) is 10.3 Å². The third kappa shape index (κ3) is 3.13. The predicted molar refractivity (Wildman–Crippen MR) is 71.1 cm³/mol. The monoisotopic (exact) mass is 262 g/mol. The maximum absolute atomic E-state index is 13.4. The van der Waals surface area contributed by atoms with Gasteiger partial charge in [-0.3, -0.25) is 4.98 Å². The molecule has 0 amide bonds. The van der Waals surface area contributed by atoms with Gasteiger partial charge in [-0.15, -0.1) is 0 Å². The third-order valence-corrected chi connectivity index (χ3v) is 2.74. The number of rotatable bonds is 5. The van der Waals surface area contributed by atoms with Crippen LogP contribution in [0.3, 0.4) is 0 Å². The molecule has 0 atom stereocenters. The number of nitrogens with zero attached hydrogens (tertiary/aromatic N) is 1. The van der Waals surface area contributed by atoms with Crippen LogP contribution in [0, 0.1) is 5.82 Å². The zero-order valence-corrected chi connectivity index (χ0v) is 10.8. The zero-order chi connectivity index (χ0) is 13.7. The second-order valence-electron chi connectivity index (χ2n) is 3.89. The molecular formula is C14H15FN2O2. The van der Waals surface area contributed by atoms with Crippen LogP contribution in [0.15, 0.2) is 36.7 Å². The lowest BCUT2D eigenvalue weighted by Gasteiger charge is -2.12. The van der Waals surface area contributed by atoms with E-state index in [0.29, 0.717) is 18.0 Å². The number of aromatic nitrogens is 1. The van der Waals surface area contributed by atoms with E-state index >= 15 is 0 Å². The summed E-state index contributed by atoms with van der Waals surface area (Å²) in [6, 6.07) is 7.09. The maximum Gasteiger partial charge on any atom is 0.164 e. The minimum absolute atomic E-state index is 0.380. The average molecular weight is 262 g/mol. The minimum atomic E-state index is -0.380. The van der Waals surface area contributed by atoms with E-state index in [4.69, 9.17) is 9.47 Å². The highest BCUT2D eigenvalue weighted by Gasteiger charge is 2.06. The molecule has 2 aromatic rings. The number of methoxy groups -OCH3 is 2. The van der Waals surface area contributed by atoms with Gasteiger partial charge in [0.1, 0.15) is 11.5 Å². The van der Waals surface area contributed by atoms with Crippen molar-refractivity contribution in [2.45, 2.75) is 6.54 Å². The summed E-state index contributed by atoms with van der Waals surface area (Å²) in [5.41, 5.74) is 1.33. The normalized spacial score (nSPS) is 10.1. The van der Waals surface area contributed by atoms with Crippen LogP contribution in [0.2, 0.25) is 0 Å². The SMILES string of the molecule is COc1ccc(CNc2ccncc2F)c(OC)c1. The van der Waals surface area contributed by atoms with Gasteiger partial charge in [0, 0.05) is 24.4 Å². The van der Waals surface area contributed by atoms with Crippen LogP contribution in [-0.2, 0) is 6.54 Å². The molecule has 1 heterocycles.